The molecule has 0 aliphatic carbocycles. The van der Waals surface area contributed by atoms with Gasteiger partial charge in [-0.15, -0.1) is 0 Å². The van der Waals surface area contributed by atoms with Gasteiger partial charge in [-0.2, -0.15) is 5.10 Å². The standard InChI is InChI=1S/C19H20BrN3O3/c20-16-2-1-3-18(12-16)26-14-19(24)22-21-13-15-4-6-17(7-5-15)23-8-10-25-11-9-23/h1-7,12-13H,8-11,14H2,(H,22,24)/b21-13+. The van der Waals surface area contributed by atoms with Crippen LogP contribution in [0.15, 0.2) is 58.1 Å². The van der Waals surface area contributed by atoms with Gasteiger partial charge in [0.15, 0.2) is 6.61 Å². The molecule has 0 aromatic heterocycles. The normalized spacial score (nSPS) is 14.4. The summed E-state index contributed by atoms with van der Waals surface area (Å²) in [5, 5.41) is 3.97. The van der Waals surface area contributed by atoms with Gasteiger partial charge in [-0.3, -0.25) is 4.79 Å². The summed E-state index contributed by atoms with van der Waals surface area (Å²) in [4.78, 5) is 14.1. The minimum Gasteiger partial charge on any atom is -0.484 e. The largest absolute Gasteiger partial charge is 0.484 e. The number of ether oxygens (including phenoxy) is 2. The molecule has 7 heteroatoms. The zero-order chi connectivity index (χ0) is 18.2. The summed E-state index contributed by atoms with van der Waals surface area (Å²) >= 11 is 3.35. The Morgan fingerprint density at radius 2 is 2.00 bits per heavy atom. The molecule has 1 aliphatic heterocycles. The summed E-state index contributed by atoms with van der Waals surface area (Å²) in [6.45, 7) is 3.24. The summed E-state index contributed by atoms with van der Waals surface area (Å²) in [5.41, 5.74) is 4.54. The number of halogens is 1. The zero-order valence-corrected chi connectivity index (χ0v) is 15.8. The summed E-state index contributed by atoms with van der Waals surface area (Å²) in [5.74, 6) is 0.309. The highest BCUT2D eigenvalue weighted by Crippen LogP contribution is 2.17. The third-order valence-electron chi connectivity index (χ3n) is 3.84. The van der Waals surface area contributed by atoms with Crippen LogP contribution in [0.25, 0.3) is 0 Å². The second-order valence-corrected chi connectivity index (χ2v) is 6.65. The predicted octanol–water partition coefficient (Wildman–Crippen LogP) is 2.81. The van der Waals surface area contributed by atoms with Crippen molar-refractivity contribution in [1.82, 2.24) is 5.43 Å². The number of hydrogen-bond acceptors (Lipinski definition) is 5. The van der Waals surface area contributed by atoms with Crippen molar-refractivity contribution in [3.8, 4) is 5.75 Å². The van der Waals surface area contributed by atoms with Gasteiger partial charge in [0.25, 0.3) is 5.91 Å². The molecule has 2 aromatic rings. The molecule has 0 radical (unpaired) electrons. The van der Waals surface area contributed by atoms with E-state index in [-0.39, 0.29) is 12.5 Å². The molecule has 6 nitrogen and oxygen atoms in total. The number of benzene rings is 2. The first-order valence-corrected chi connectivity index (χ1v) is 9.13. The van der Waals surface area contributed by atoms with Crippen LogP contribution in [-0.2, 0) is 9.53 Å². The number of morpholine rings is 1. The van der Waals surface area contributed by atoms with Crippen molar-refractivity contribution in [1.29, 1.82) is 0 Å². The average molecular weight is 418 g/mol. The van der Waals surface area contributed by atoms with Crippen molar-refractivity contribution < 1.29 is 14.3 Å². The van der Waals surface area contributed by atoms with E-state index in [1.807, 2.05) is 36.4 Å². The fraction of sp³-hybridized carbons (Fsp3) is 0.263. The molecule has 2 aromatic carbocycles. The Balaban J connectivity index is 1.44. The second kappa shape index (κ2) is 9.35. The molecular formula is C19H20BrN3O3. The van der Waals surface area contributed by atoms with Gasteiger partial charge in [0.1, 0.15) is 5.75 Å². The third kappa shape index (κ3) is 5.57. The summed E-state index contributed by atoms with van der Waals surface area (Å²) in [6, 6.07) is 15.4. The number of carbonyl (C=O) groups is 1. The fourth-order valence-corrected chi connectivity index (χ4v) is 2.89. The number of anilines is 1. The number of amides is 1. The van der Waals surface area contributed by atoms with Crippen LogP contribution in [0.5, 0.6) is 5.75 Å². The van der Waals surface area contributed by atoms with E-state index in [9.17, 15) is 4.79 Å². The van der Waals surface area contributed by atoms with Crippen molar-refractivity contribution in [2.45, 2.75) is 0 Å². The van der Waals surface area contributed by atoms with Crippen LogP contribution in [0, 0.1) is 0 Å². The quantitative estimate of drug-likeness (QED) is 0.579. The van der Waals surface area contributed by atoms with E-state index in [1.54, 1.807) is 18.3 Å². The molecule has 0 atom stereocenters. The molecule has 1 N–H and O–H groups in total. The van der Waals surface area contributed by atoms with Gasteiger partial charge in [-0.05, 0) is 35.9 Å². The molecule has 136 valence electrons. The maximum absolute atomic E-state index is 11.8. The molecule has 26 heavy (non-hydrogen) atoms. The zero-order valence-electron chi connectivity index (χ0n) is 14.2. The Kier molecular flexibility index (Phi) is 6.62. The summed E-state index contributed by atoms with van der Waals surface area (Å²) in [6.07, 6.45) is 1.61. The lowest BCUT2D eigenvalue weighted by Crippen LogP contribution is -2.36. The Bertz CT molecular complexity index is 759. The minimum atomic E-state index is -0.314. The van der Waals surface area contributed by atoms with Crippen molar-refractivity contribution in [2.24, 2.45) is 5.10 Å². The van der Waals surface area contributed by atoms with Crippen LogP contribution in [0.2, 0.25) is 0 Å². The number of nitrogens with zero attached hydrogens (tertiary/aromatic N) is 2. The highest BCUT2D eigenvalue weighted by atomic mass is 79.9. The van der Waals surface area contributed by atoms with Gasteiger partial charge in [0.2, 0.25) is 0 Å². The molecule has 3 rings (SSSR count). The smallest absolute Gasteiger partial charge is 0.277 e. The van der Waals surface area contributed by atoms with E-state index >= 15 is 0 Å². The maximum atomic E-state index is 11.8. The van der Waals surface area contributed by atoms with Gasteiger partial charge in [-0.1, -0.05) is 34.1 Å². The van der Waals surface area contributed by atoms with Gasteiger partial charge < -0.3 is 14.4 Å². The van der Waals surface area contributed by atoms with Crippen LogP contribution in [0.3, 0.4) is 0 Å². The number of rotatable bonds is 6. The average Bonchev–Trinajstić information content (AvgIpc) is 2.68. The molecular weight excluding hydrogens is 398 g/mol. The first-order chi connectivity index (χ1) is 12.7. The van der Waals surface area contributed by atoms with E-state index in [0.717, 1.165) is 42.0 Å². The van der Waals surface area contributed by atoms with Crippen LogP contribution < -0.4 is 15.1 Å². The topological polar surface area (TPSA) is 63.2 Å². The molecule has 1 amide bonds. The van der Waals surface area contributed by atoms with Crippen LogP contribution in [-0.4, -0.2) is 45.0 Å². The first kappa shape index (κ1) is 18.4. The maximum Gasteiger partial charge on any atom is 0.277 e. The predicted molar refractivity (Wildman–Crippen MR) is 105 cm³/mol. The van der Waals surface area contributed by atoms with Crippen LogP contribution in [0.4, 0.5) is 5.69 Å². The van der Waals surface area contributed by atoms with Crippen LogP contribution in [0.1, 0.15) is 5.56 Å². The van der Waals surface area contributed by atoms with E-state index < -0.39 is 0 Å². The highest BCUT2D eigenvalue weighted by molar-refractivity contribution is 9.10. The Hall–Kier alpha value is -2.38. The van der Waals surface area contributed by atoms with Gasteiger partial charge in [0.05, 0.1) is 19.4 Å². The Morgan fingerprint density at radius 3 is 2.73 bits per heavy atom. The highest BCUT2D eigenvalue weighted by Gasteiger charge is 2.10. The monoisotopic (exact) mass is 417 g/mol. The first-order valence-electron chi connectivity index (χ1n) is 8.34. The molecule has 1 saturated heterocycles. The summed E-state index contributed by atoms with van der Waals surface area (Å²) in [7, 11) is 0. The number of carbonyl (C=O) groups excluding carboxylic acids is 1. The van der Waals surface area contributed by atoms with Crippen molar-refractivity contribution in [3.63, 3.8) is 0 Å². The third-order valence-corrected chi connectivity index (χ3v) is 4.33. The van der Waals surface area contributed by atoms with E-state index in [0.29, 0.717) is 5.75 Å². The van der Waals surface area contributed by atoms with Crippen molar-refractivity contribution in [2.75, 3.05) is 37.8 Å². The van der Waals surface area contributed by atoms with Crippen molar-refractivity contribution in [3.05, 3.63) is 58.6 Å². The van der Waals surface area contributed by atoms with Gasteiger partial charge in [-0.25, -0.2) is 5.43 Å². The molecule has 0 saturated carbocycles. The van der Waals surface area contributed by atoms with Crippen LogP contribution >= 0.6 is 15.9 Å². The van der Waals surface area contributed by atoms with E-state index in [1.165, 1.54) is 0 Å². The molecule has 0 spiro atoms. The molecule has 0 bridgehead atoms. The number of hydrazone groups is 1. The molecule has 1 heterocycles. The molecule has 0 unspecified atom stereocenters. The lowest BCUT2D eigenvalue weighted by atomic mass is 10.2. The number of nitrogens with one attached hydrogen (secondary N) is 1. The van der Waals surface area contributed by atoms with Crippen molar-refractivity contribution >= 4 is 33.7 Å². The van der Waals surface area contributed by atoms with Gasteiger partial charge in [0, 0.05) is 23.2 Å². The minimum absolute atomic E-state index is 0.0935. The van der Waals surface area contributed by atoms with Gasteiger partial charge >= 0.3 is 0 Å². The Morgan fingerprint density at radius 1 is 1.23 bits per heavy atom. The lowest BCUT2D eigenvalue weighted by molar-refractivity contribution is -0.123. The molecule has 1 fully saturated rings. The van der Waals surface area contributed by atoms with E-state index in [2.05, 4.69) is 31.4 Å². The lowest BCUT2D eigenvalue weighted by Gasteiger charge is -2.28. The second-order valence-electron chi connectivity index (χ2n) is 5.73. The SMILES string of the molecule is O=C(COc1cccc(Br)c1)N/N=C/c1ccc(N2CCOCC2)cc1. The fourth-order valence-electron chi connectivity index (χ4n) is 2.51. The van der Waals surface area contributed by atoms with E-state index in [4.69, 9.17) is 9.47 Å². The Labute approximate surface area is 160 Å². The summed E-state index contributed by atoms with van der Waals surface area (Å²) < 4.78 is 11.7. The number of hydrogen-bond donors (Lipinski definition) is 1. The molecule has 1 aliphatic rings.